The van der Waals surface area contributed by atoms with E-state index in [4.69, 9.17) is 14.3 Å². The molecule has 7 nitrogen and oxygen atoms in total. The fourth-order valence-corrected chi connectivity index (χ4v) is 2.98. The van der Waals surface area contributed by atoms with Gasteiger partial charge in [-0.15, -0.1) is 0 Å². The molecule has 0 radical (unpaired) electrons. The number of benzene rings is 2. The van der Waals surface area contributed by atoms with E-state index in [2.05, 4.69) is 0 Å². The summed E-state index contributed by atoms with van der Waals surface area (Å²) in [5.74, 6) is -0.821. The number of rotatable bonds is 4. The summed E-state index contributed by atoms with van der Waals surface area (Å²) in [5, 5.41) is 0.527. The van der Waals surface area contributed by atoms with Gasteiger partial charge in [-0.05, 0) is 35.7 Å². The minimum atomic E-state index is -0.662. The number of fused-ring (bicyclic) bond motifs is 2. The van der Waals surface area contributed by atoms with Crippen LogP contribution in [-0.4, -0.2) is 29.6 Å². The Morgan fingerprint density at radius 1 is 1.08 bits per heavy atom. The van der Waals surface area contributed by atoms with Gasteiger partial charge >= 0.3 is 5.97 Å². The van der Waals surface area contributed by atoms with E-state index in [0.29, 0.717) is 16.6 Å². The van der Waals surface area contributed by atoms with Gasteiger partial charge in [-0.1, -0.05) is 30.2 Å². The van der Waals surface area contributed by atoms with E-state index in [1.54, 1.807) is 18.2 Å². The molecule has 2 amide bonds. The van der Waals surface area contributed by atoms with Crippen LogP contribution in [0.3, 0.4) is 0 Å². The predicted molar refractivity (Wildman–Crippen MR) is 88.6 cm³/mol. The maximum atomic E-state index is 12.2. The molecule has 0 bridgehead atoms. The fourth-order valence-electron chi connectivity index (χ4n) is 2.98. The summed E-state index contributed by atoms with van der Waals surface area (Å²) in [6.45, 7) is 2.02. The Kier molecular flexibility index (Phi) is 3.84. The van der Waals surface area contributed by atoms with Crippen molar-refractivity contribution in [2.24, 2.45) is 0 Å². The number of hydroxylamine groups is 2. The van der Waals surface area contributed by atoms with E-state index in [0.717, 1.165) is 5.56 Å². The third kappa shape index (κ3) is 2.67. The van der Waals surface area contributed by atoms with E-state index in [1.165, 1.54) is 12.1 Å². The Morgan fingerprint density at radius 2 is 1.73 bits per heavy atom. The molecule has 132 valence electrons. The van der Waals surface area contributed by atoms with Crippen LogP contribution in [0.5, 0.6) is 11.5 Å². The summed E-state index contributed by atoms with van der Waals surface area (Å²) < 4.78 is 10.6. The third-order valence-electron chi connectivity index (χ3n) is 4.39. The highest BCUT2D eigenvalue weighted by Gasteiger charge is 2.38. The highest BCUT2D eigenvalue weighted by atomic mass is 16.7. The van der Waals surface area contributed by atoms with Crippen molar-refractivity contribution < 1.29 is 28.7 Å². The van der Waals surface area contributed by atoms with Gasteiger partial charge in [0.1, 0.15) is 0 Å². The van der Waals surface area contributed by atoms with Gasteiger partial charge in [0.05, 0.1) is 17.5 Å². The highest BCUT2D eigenvalue weighted by Crippen LogP contribution is 2.35. The van der Waals surface area contributed by atoms with Crippen LogP contribution >= 0.6 is 0 Å². The minimum Gasteiger partial charge on any atom is -0.454 e. The number of imide groups is 1. The lowest BCUT2D eigenvalue weighted by molar-refractivity contribution is -0.168. The normalized spacial score (nSPS) is 15.8. The van der Waals surface area contributed by atoms with Gasteiger partial charge in [0.2, 0.25) is 6.79 Å². The second kappa shape index (κ2) is 6.18. The van der Waals surface area contributed by atoms with Crippen LogP contribution in [0.25, 0.3) is 0 Å². The molecule has 0 saturated carbocycles. The molecule has 0 aromatic heterocycles. The lowest BCUT2D eigenvalue weighted by Gasteiger charge is -2.15. The van der Waals surface area contributed by atoms with E-state index < -0.39 is 17.8 Å². The molecule has 0 saturated heterocycles. The molecule has 7 heteroatoms. The molecular weight excluding hydrogens is 338 g/mol. The Labute approximate surface area is 149 Å². The molecule has 2 aromatic carbocycles. The van der Waals surface area contributed by atoms with Crippen molar-refractivity contribution in [2.45, 2.75) is 19.3 Å². The number of carbonyl (C=O) groups is 3. The van der Waals surface area contributed by atoms with Crippen molar-refractivity contribution in [3.05, 3.63) is 59.2 Å². The first-order chi connectivity index (χ1) is 12.5. The fraction of sp³-hybridized carbons (Fsp3) is 0.211. The largest absolute Gasteiger partial charge is 0.454 e. The standard InChI is InChI=1S/C19H15NO6/c1-11(12-6-7-15-16(9-12)25-10-24-15)8-17(21)26-20-18(22)13-4-2-3-5-14(13)19(20)23/h2-7,9,11H,8,10H2,1H3/t11-/m0/s1. The van der Waals surface area contributed by atoms with Crippen LogP contribution in [-0.2, 0) is 9.63 Å². The zero-order valence-corrected chi connectivity index (χ0v) is 13.9. The third-order valence-corrected chi connectivity index (χ3v) is 4.39. The van der Waals surface area contributed by atoms with Gasteiger partial charge < -0.3 is 14.3 Å². The molecule has 0 spiro atoms. The molecule has 0 N–H and O–H groups in total. The van der Waals surface area contributed by atoms with Gasteiger partial charge in [-0.2, -0.15) is 0 Å². The van der Waals surface area contributed by atoms with Crippen molar-refractivity contribution in [1.82, 2.24) is 5.06 Å². The van der Waals surface area contributed by atoms with E-state index in [9.17, 15) is 14.4 Å². The SMILES string of the molecule is C[C@@H](CC(=O)ON1C(=O)c2ccccc2C1=O)c1ccc2c(c1)OCO2. The number of amides is 2. The van der Waals surface area contributed by atoms with Crippen LogP contribution in [0.4, 0.5) is 0 Å². The zero-order chi connectivity index (χ0) is 18.3. The molecular formula is C19H15NO6. The molecule has 2 heterocycles. The quantitative estimate of drug-likeness (QED) is 0.786. The molecule has 2 aliphatic rings. The van der Waals surface area contributed by atoms with E-state index in [-0.39, 0.29) is 30.3 Å². The first kappa shape index (κ1) is 16.1. The molecule has 0 aliphatic carbocycles. The first-order valence-electron chi connectivity index (χ1n) is 8.13. The number of hydrogen-bond donors (Lipinski definition) is 0. The van der Waals surface area contributed by atoms with Crippen LogP contribution in [0, 0.1) is 0 Å². The number of carbonyl (C=O) groups excluding carboxylic acids is 3. The van der Waals surface area contributed by atoms with Crippen LogP contribution in [0.1, 0.15) is 45.5 Å². The molecule has 26 heavy (non-hydrogen) atoms. The lowest BCUT2D eigenvalue weighted by Crippen LogP contribution is -2.33. The predicted octanol–water partition coefficient (Wildman–Crippen LogP) is 2.66. The van der Waals surface area contributed by atoms with Gasteiger partial charge in [-0.25, -0.2) is 4.79 Å². The molecule has 2 aromatic rings. The summed E-state index contributed by atoms with van der Waals surface area (Å²) in [5.41, 5.74) is 1.33. The summed E-state index contributed by atoms with van der Waals surface area (Å²) in [6, 6.07) is 11.8. The maximum absolute atomic E-state index is 12.2. The zero-order valence-electron chi connectivity index (χ0n) is 13.9. The molecule has 4 rings (SSSR count). The number of nitrogens with zero attached hydrogens (tertiary/aromatic N) is 1. The van der Waals surface area contributed by atoms with Gasteiger partial charge in [0.25, 0.3) is 11.8 Å². The van der Waals surface area contributed by atoms with Crippen molar-refractivity contribution in [3.63, 3.8) is 0 Å². The van der Waals surface area contributed by atoms with Crippen LogP contribution in [0.2, 0.25) is 0 Å². The second-order valence-corrected chi connectivity index (χ2v) is 6.13. The van der Waals surface area contributed by atoms with Crippen molar-refractivity contribution in [2.75, 3.05) is 6.79 Å². The summed E-state index contributed by atoms with van der Waals surface area (Å²) in [7, 11) is 0. The average Bonchev–Trinajstić information content (AvgIpc) is 3.20. The Morgan fingerprint density at radius 3 is 2.42 bits per heavy atom. The minimum absolute atomic E-state index is 0.00699. The van der Waals surface area contributed by atoms with Crippen molar-refractivity contribution >= 4 is 17.8 Å². The van der Waals surface area contributed by atoms with E-state index >= 15 is 0 Å². The lowest BCUT2D eigenvalue weighted by atomic mass is 9.97. The smallest absolute Gasteiger partial charge is 0.333 e. The Hall–Kier alpha value is -3.35. The van der Waals surface area contributed by atoms with E-state index in [1.807, 2.05) is 19.1 Å². The van der Waals surface area contributed by atoms with Crippen molar-refractivity contribution in [1.29, 1.82) is 0 Å². The van der Waals surface area contributed by atoms with Crippen LogP contribution < -0.4 is 9.47 Å². The average molecular weight is 353 g/mol. The summed E-state index contributed by atoms with van der Waals surface area (Å²) in [6.07, 6.45) is 0.00699. The highest BCUT2D eigenvalue weighted by molar-refractivity contribution is 6.20. The summed E-state index contributed by atoms with van der Waals surface area (Å²) >= 11 is 0. The maximum Gasteiger partial charge on any atom is 0.333 e. The first-order valence-corrected chi connectivity index (χ1v) is 8.13. The second-order valence-electron chi connectivity index (χ2n) is 6.13. The topological polar surface area (TPSA) is 82.1 Å². The van der Waals surface area contributed by atoms with Gasteiger partial charge in [-0.3, -0.25) is 9.59 Å². The molecule has 0 unspecified atom stereocenters. The monoisotopic (exact) mass is 353 g/mol. The Bertz CT molecular complexity index is 887. The summed E-state index contributed by atoms with van der Waals surface area (Å²) in [4.78, 5) is 41.7. The number of ether oxygens (including phenoxy) is 2. The van der Waals surface area contributed by atoms with Gasteiger partial charge in [0.15, 0.2) is 11.5 Å². The Balaban J connectivity index is 1.43. The molecule has 2 aliphatic heterocycles. The van der Waals surface area contributed by atoms with Gasteiger partial charge in [0, 0.05) is 0 Å². The van der Waals surface area contributed by atoms with Crippen molar-refractivity contribution in [3.8, 4) is 11.5 Å². The van der Waals surface area contributed by atoms with Crippen LogP contribution in [0.15, 0.2) is 42.5 Å². The molecule has 0 fully saturated rings. The molecule has 1 atom stereocenters. The number of hydrogen-bond acceptors (Lipinski definition) is 6.